The number of rotatable bonds is 6. The molecule has 0 aromatic carbocycles. The Labute approximate surface area is 78.0 Å². The number of carbonyl (C=O) groups excluding carboxylic acids is 1. The van der Waals surface area contributed by atoms with Crippen LogP contribution in [0.2, 0.25) is 0 Å². The molecule has 0 aromatic heterocycles. The summed E-state index contributed by atoms with van der Waals surface area (Å²) in [6.07, 6.45) is 2.83. The summed E-state index contributed by atoms with van der Waals surface area (Å²) in [4.78, 5) is 11.2. The molecule has 0 radical (unpaired) electrons. The highest BCUT2D eigenvalue weighted by molar-refractivity contribution is 7.98. The molecule has 4 heteroatoms. The lowest BCUT2D eigenvalue weighted by molar-refractivity contribution is -0.147. The van der Waals surface area contributed by atoms with Crippen molar-refractivity contribution >= 4 is 17.7 Å². The van der Waals surface area contributed by atoms with E-state index in [-0.39, 0.29) is 11.9 Å². The minimum absolute atomic E-state index is 0.114. The summed E-state index contributed by atoms with van der Waals surface area (Å²) < 4.78 is 4.86. The van der Waals surface area contributed by atoms with Gasteiger partial charge in [-0.1, -0.05) is 0 Å². The van der Waals surface area contributed by atoms with Crippen LogP contribution in [0.4, 0.5) is 0 Å². The van der Waals surface area contributed by atoms with E-state index in [2.05, 4.69) is 0 Å². The molecule has 0 fully saturated rings. The molecule has 0 aliphatic carbocycles. The van der Waals surface area contributed by atoms with Crippen molar-refractivity contribution in [3.63, 3.8) is 0 Å². The zero-order valence-electron chi connectivity index (χ0n) is 7.71. The normalized spacial score (nSPS) is 12.6. The number of nitrogens with two attached hydrogens (primary N) is 1. The molecule has 0 amide bonds. The number of esters is 1. The number of hydrogen-bond donors (Lipinski definition) is 1. The maximum atomic E-state index is 11.2. The van der Waals surface area contributed by atoms with Crippen LogP contribution in [0.25, 0.3) is 0 Å². The molecule has 0 spiro atoms. The fraction of sp³-hybridized carbons (Fsp3) is 0.875. The Morgan fingerprint density at radius 3 is 2.75 bits per heavy atom. The highest BCUT2D eigenvalue weighted by atomic mass is 32.2. The molecule has 72 valence electrons. The lowest BCUT2D eigenvalue weighted by Gasteiger charge is -2.11. The summed E-state index contributed by atoms with van der Waals surface area (Å²) in [5.74, 6) is 0.687. The second-order valence-electron chi connectivity index (χ2n) is 2.47. The van der Waals surface area contributed by atoms with Gasteiger partial charge in [0.15, 0.2) is 0 Å². The first-order valence-corrected chi connectivity index (χ1v) is 5.51. The summed E-state index contributed by atoms with van der Waals surface area (Å²) in [5, 5.41) is 0. The van der Waals surface area contributed by atoms with E-state index in [1.54, 1.807) is 18.7 Å². The fourth-order valence-electron chi connectivity index (χ4n) is 0.852. The third-order valence-electron chi connectivity index (χ3n) is 1.57. The lowest BCUT2D eigenvalue weighted by Crippen LogP contribution is -2.26. The van der Waals surface area contributed by atoms with Gasteiger partial charge in [-0.2, -0.15) is 11.8 Å². The summed E-state index contributed by atoms with van der Waals surface area (Å²) in [6.45, 7) is 2.63. The molecule has 0 aliphatic rings. The van der Waals surface area contributed by atoms with E-state index in [9.17, 15) is 4.79 Å². The van der Waals surface area contributed by atoms with Crippen LogP contribution in [-0.4, -0.2) is 31.1 Å². The maximum Gasteiger partial charge on any atom is 0.310 e. The van der Waals surface area contributed by atoms with Crippen molar-refractivity contribution < 1.29 is 9.53 Å². The predicted octanol–water partition coefficient (Wildman–Crippen LogP) is 0.878. The van der Waals surface area contributed by atoms with Gasteiger partial charge in [-0.3, -0.25) is 4.79 Å². The molecule has 2 N–H and O–H groups in total. The van der Waals surface area contributed by atoms with Crippen molar-refractivity contribution in [3.8, 4) is 0 Å². The first kappa shape index (κ1) is 11.8. The first-order valence-electron chi connectivity index (χ1n) is 4.11. The van der Waals surface area contributed by atoms with Crippen LogP contribution in [0.5, 0.6) is 0 Å². The quantitative estimate of drug-likeness (QED) is 0.633. The molecular formula is C8H17NO2S. The molecule has 3 nitrogen and oxygen atoms in total. The molecule has 12 heavy (non-hydrogen) atoms. The van der Waals surface area contributed by atoms with E-state index >= 15 is 0 Å². The number of thioether (sulfide) groups is 1. The topological polar surface area (TPSA) is 52.3 Å². The minimum atomic E-state index is -0.158. The Balaban J connectivity index is 3.71. The van der Waals surface area contributed by atoms with E-state index in [0.29, 0.717) is 13.2 Å². The lowest BCUT2D eigenvalue weighted by atomic mass is 10.1. The van der Waals surface area contributed by atoms with Gasteiger partial charge in [-0.05, 0) is 25.4 Å². The van der Waals surface area contributed by atoms with Gasteiger partial charge in [0.05, 0.1) is 12.5 Å². The van der Waals surface area contributed by atoms with E-state index in [4.69, 9.17) is 10.5 Å². The second-order valence-corrected chi connectivity index (χ2v) is 3.45. The van der Waals surface area contributed by atoms with Gasteiger partial charge < -0.3 is 10.5 Å². The van der Waals surface area contributed by atoms with Gasteiger partial charge >= 0.3 is 5.97 Å². The third-order valence-corrected chi connectivity index (χ3v) is 2.22. The van der Waals surface area contributed by atoms with E-state index in [1.807, 2.05) is 6.26 Å². The van der Waals surface area contributed by atoms with E-state index in [0.717, 1.165) is 12.2 Å². The van der Waals surface area contributed by atoms with Gasteiger partial charge in [0.25, 0.3) is 0 Å². The molecule has 0 aliphatic heterocycles. The predicted molar refractivity (Wildman–Crippen MR) is 52.2 cm³/mol. The van der Waals surface area contributed by atoms with Crippen LogP contribution in [0.15, 0.2) is 0 Å². The summed E-state index contributed by atoms with van der Waals surface area (Å²) in [7, 11) is 0. The van der Waals surface area contributed by atoms with E-state index in [1.165, 1.54) is 0 Å². The van der Waals surface area contributed by atoms with Crippen LogP contribution >= 0.6 is 11.8 Å². The zero-order valence-corrected chi connectivity index (χ0v) is 8.52. The smallest absolute Gasteiger partial charge is 0.310 e. The van der Waals surface area contributed by atoms with Gasteiger partial charge in [-0.25, -0.2) is 0 Å². The van der Waals surface area contributed by atoms with Crippen molar-refractivity contribution in [2.24, 2.45) is 11.7 Å². The highest BCUT2D eigenvalue weighted by Gasteiger charge is 2.16. The standard InChI is InChI=1S/C8H17NO2S/c1-3-11-8(10)7(6-9)4-5-12-2/h7H,3-6,9H2,1-2H3. The van der Waals surface area contributed by atoms with Crippen LogP contribution in [0.1, 0.15) is 13.3 Å². The molecule has 0 heterocycles. The first-order chi connectivity index (χ1) is 5.76. The Morgan fingerprint density at radius 2 is 2.33 bits per heavy atom. The second kappa shape index (κ2) is 7.43. The van der Waals surface area contributed by atoms with Crippen molar-refractivity contribution in [2.75, 3.05) is 25.2 Å². The summed E-state index contributed by atoms with van der Waals surface area (Å²) in [6, 6.07) is 0. The molecule has 0 aromatic rings. The summed E-state index contributed by atoms with van der Waals surface area (Å²) >= 11 is 1.72. The average Bonchev–Trinajstić information content (AvgIpc) is 2.06. The van der Waals surface area contributed by atoms with Crippen LogP contribution in [-0.2, 0) is 9.53 Å². The Morgan fingerprint density at radius 1 is 1.67 bits per heavy atom. The van der Waals surface area contributed by atoms with Crippen LogP contribution < -0.4 is 5.73 Å². The molecule has 0 saturated carbocycles. The molecule has 1 atom stereocenters. The summed E-state index contributed by atoms with van der Waals surface area (Å²) in [5.41, 5.74) is 5.43. The number of hydrogen-bond acceptors (Lipinski definition) is 4. The Hall–Kier alpha value is -0.220. The van der Waals surface area contributed by atoms with Crippen LogP contribution in [0.3, 0.4) is 0 Å². The van der Waals surface area contributed by atoms with Gasteiger partial charge in [0, 0.05) is 6.54 Å². The SMILES string of the molecule is CCOC(=O)C(CN)CCSC. The molecule has 0 rings (SSSR count). The van der Waals surface area contributed by atoms with Gasteiger partial charge in [0.1, 0.15) is 0 Å². The molecule has 0 bridgehead atoms. The zero-order chi connectivity index (χ0) is 9.40. The molecule has 1 unspecified atom stereocenters. The molecular weight excluding hydrogens is 174 g/mol. The van der Waals surface area contributed by atoms with Gasteiger partial charge in [-0.15, -0.1) is 0 Å². The fourth-order valence-corrected chi connectivity index (χ4v) is 1.37. The third kappa shape index (κ3) is 4.62. The highest BCUT2D eigenvalue weighted by Crippen LogP contribution is 2.08. The van der Waals surface area contributed by atoms with Crippen molar-refractivity contribution in [1.29, 1.82) is 0 Å². The minimum Gasteiger partial charge on any atom is -0.466 e. The van der Waals surface area contributed by atoms with Crippen molar-refractivity contribution in [3.05, 3.63) is 0 Å². The largest absolute Gasteiger partial charge is 0.466 e. The van der Waals surface area contributed by atoms with Crippen molar-refractivity contribution in [2.45, 2.75) is 13.3 Å². The van der Waals surface area contributed by atoms with Crippen molar-refractivity contribution in [1.82, 2.24) is 0 Å². The van der Waals surface area contributed by atoms with E-state index < -0.39 is 0 Å². The Kier molecular flexibility index (Phi) is 7.29. The maximum absolute atomic E-state index is 11.2. The van der Waals surface area contributed by atoms with Gasteiger partial charge in [0.2, 0.25) is 0 Å². The molecule has 0 saturated heterocycles. The number of carbonyl (C=O) groups is 1. The number of ether oxygens (including phenoxy) is 1. The van der Waals surface area contributed by atoms with Crippen LogP contribution in [0, 0.1) is 5.92 Å². The Bertz CT molecular complexity index is 130. The monoisotopic (exact) mass is 191 g/mol. The average molecular weight is 191 g/mol.